The smallest absolute Gasteiger partial charge is 0.396 e. The van der Waals surface area contributed by atoms with E-state index in [-0.39, 0.29) is 4.94 Å². The van der Waals surface area contributed by atoms with Gasteiger partial charge < -0.3 is 9.15 Å². The zero-order chi connectivity index (χ0) is 15.0. The molecule has 0 saturated carbocycles. The highest BCUT2D eigenvalue weighted by molar-refractivity contribution is 7.16. The minimum absolute atomic E-state index is 0.365. The van der Waals surface area contributed by atoms with Gasteiger partial charge in [0.25, 0.3) is 0 Å². The molecule has 21 heavy (non-hydrogen) atoms. The molecule has 0 aliphatic heterocycles. The van der Waals surface area contributed by atoms with Gasteiger partial charge in [-0.2, -0.15) is 0 Å². The second kappa shape index (κ2) is 5.18. The fourth-order valence-electron chi connectivity index (χ4n) is 2.11. The predicted molar refractivity (Wildman–Crippen MR) is 81.2 cm³/mol. The SMILES string of the molecule is Cc1cccc(C(=O)Oc2cc(C)c3oc(=O)sc3c2)c1. The minimum atomic E-state index is -0.423. The van der Waals surface area contributed by atoms with Crippen molar-refractivity contribution in [3.8, 4) is 5.75 Å². The van der Waals surface area contributed by atoms with Crippen molar-refractivity contribution in [2.45, 2.75) is 13.8 Å². The maximum Gasteiger partial charge on any atom is 0.396 e. The van der Waals surface area contributed by atoms with Crippen molar-refractivity contribution in [2.75, 3.05) is 0 Å². The fraction of sp³-hybridized carbons (Fsp3) is 0.125. The standard InChI is InChI=1S/C16H12O4S/c1-9-4-3-5-11(6-9)15(17)19-12-7-10(2)14-13(8-12)21-16(18)20-14/h3-8H,1-2H3. The van der Waals surface area contributed by atoms with Gasteiger partial charge in [-0.3, -0.25) is 0 Å². The molecule has 0 aliphatic rings. The number of benzene rings is 2. The van der Waals surface area contributed by atoms with Gasteiger partial charge in [-0.05, 0) is 37.6 Å². The first-order chi connectivity index (χ1) is 10.0. The van der Waals surface area contributed by atoms with Crippen molar-refractivity contribution in [1.29, 1.82) is 0 Å². The van der Waals surface area contributed by atoms with Gasteiger partial charge in [0.15, 0.2) is 5.58 Å². The Labute approximate surface area is 124 Å². The fourth-order valence-corrected chi connectivity index (χ4v) is 2.88. The second-order valence-electron chi connectivity index (χ2n) is 4.78. The van der Waals surface area contributed by atoms with E-state index in [9.17, 15) is 9.59 Å². The molecular weight excluding hydrogens is 288 g/mol. The number of aryl methyl sites for hydroxylation is 2. The van der Waals surface area contributed by atoms with Crippen molar-refractivity contribution < 1.29 is 13.9 Å². The van der Waals surface area contributed by atoms with Gasteiger partial charge in [0.05, 0.1) is 10.3 Å². The van der Waals surface area contributed by atoms with E-state index < -0.39 is 5.97 Å². The monoisotopic (exact) mass is 300 g/mol. The molecule has 5 heteroatoms. The van der Waals surface area contributed by atoms with E-state index in [0.717, 1.165) is 22.5 Å². The molecule has 106 valence electrons. The quantitative estimate of drug-likeness (QED) is 0.535. The third-order valence-electron chi connectivity index (χ3n) is 3.06. The molecule has 0 unspecified atom stereocenters. The molecule has 0 atom stereocenters. The lowest BCUT2D eigenvalue weighted by Gasteiger charge is -2.06. The van der Waals surface area contributed by atoms with Crippen LogP contribution in [-0.2, 0) is 0 Å². The van der Waals surface area contributed by atoms with Crippen molar-refractivity contribution in [1.82, 2.24) is 0 Å². The maximum absolute atomic E-state index is 12.1. The first kappa shape index (κ1) is 13.6. The normalized spacial score (nSPS) is 10.8. The molecule has 0 amide bonds. The maximum atomic E-state index is 12.1. The Morgan fingerprint density at radius 1 is 1.19 bits per heavy atom. The molecule has 0 N–H and O–H groups in total. The lowest BCUT2D eigenvalue weighted by atomic mass is 10.1. The minimum Gasteiger partial charge on any atom is -0.423 e. The topological polar surface area (TPSA) is 56.5 Å². The van der Waals surface area contributed by atoms with E-state index in [4.69, 9.17) is 9.15 Å². The Morgan fingerprint density at radius 2 is 2.00 bits per heavy atom. The van der Waals surface area contributed by atoms with Crippen LogP contribution in [0, 0.1) is 13.8 Å². The summed E-state index contributed by atoms with van der Waals surface area (Å²) in [7, 11) is 0. The van der Waals surface area contributed by atoms with Crippen LogP contribution in [0.5, 0.6) is 5.75 Å². The van der Waals surface area contributed by atoms with Gasteiger partial charge >= 0.3 is 10.9 Å². The summed E-state index contributed by atoms with van der Waals surface area (Å²) >= 11 is 0.992. The first-order valence-corrected chi connectivity index (χ1v) is 7.18. The summed E-state index contributed by atoms with van der Waals surface area (Å²) in [5.41, 5.74) is 2.79. The Morgan fingerprint density at radius 3 is 2.76 bits per heavy atom. The van der Waals surface area contributed by atoms with Crippen LogP contribution in [0.1, 0.15) is 21.5 Å². The van der Waals surface area contributed by atoms with E-state index in [0.29, 0.717) is 21.6 Å². The van der Waals surface area contributed by atoms with Crippen LogP contribution in [0.4, 0.5) is 0 Å². The highest BCUT2D eigenvalue weighted by atomic mass is 32.1. The largest absolute Gasteiger partial charge is 0.423 e. The van der Waals surface area contributed by atoms with Crippen LogP contribution in [0.25, 0.3) is 10.3 Å². The van der Waals surface area contributed by atoms with E-state index in [1.165, 1.54) is 0 Å². The third-order valence-corrected chi connectivity index (χ3v) is 3.83. The molecule has 1 heterocycles. The first-order valence-electron chi connectivity index (χ1n) is 6.36. The number of hydrogen-bond donors (Lipinski definition) is 0. The molecule has 0 fully saturated rings. The predicted octanol–water partition coefficient (Wildman–Crippen LogP) is 3.69. The Kier molecular flexibility index (Phi) is 3.35. The van der Waals surface area contributed by atoms with Crippen LogP contribution in [-0.4, -0.2) is 5.97 Å². The van der Waals surface area contributed by atoms with Crippen molar-refractivity contribution in [3.63, 3.8) is 0 Å². The second-order valence-corrected chi connectivity index (χ2v) is 5.76. The van der Waals surface area contributed by atoms with Gasteiger partial charge in [0.1, 0.15) is 5.75 Å². The van der Waals surface area contributed by atoms with Crippen molar-refractivity contribution in [2.24, 2.45) is 0 Å². The van der Waals surface area contributed by atoms with Crippen LogP contribution >= 0.6 is 11.3 Å². The van der Waals surface area contributed by atoms with Crippen LogP contribution in [0.2, 0.25) is 0 Å². The van der Waals surface area contributed by atoms with Crippen molar-refractivity contribution in [3.05, 3.63) is 62.8 Å². The van der Waals surface area contributed by atoms with Crippen LogP contribution in [0.3, 0.4) is 0 Å². The Bertz CT molecular complexity index is 889. The van der Waals surface area contributed by atoms with E-state index in [1.807, 2.05) is 26.0 Å². The van der Waals surface area contributed by atoms with Gasteiger partial charge in [0.2, 0.25) is 0 Å². The Hall–Kier alpha value is -2.40. The van der Waals surface area contributed by atoms with Gasteiger partial charge in [0, 0.05) is 6.07 Å². The van der Waals surface area contributed by atoms with Gasteiger partial charge in [-0.25, -0.2) is 9.59 Å². The molecule has 0 spiro atoms. The van der Waals surface area contributed by atoms with E-state index >= 15 is 0 Å². The number of esters is 1. The molecule has 2 aromatic carbocycles. The highest BCUT2D eigenvalue weighted by Crippen LogP contribution is 2.27. The molecule has 0 aliphatic carbocycles. The number of carbonyl (C=O) groups is 1. The molecule has 1 aromatic heterocycles. The summed E-state index contributed by atoms with van der Waals surface area (Å²) in [5, 5.41) is 0. The lowest BCUT2D eigenvalue weighted by molar-refractivity contribution is 0.0735. The summed E-state index contributed by atoms with van der Waals surface area (Å²) in [4.78, 5) is 23.0. The average molecular weight is 300 g/mol. The third kappa shape index (κ3) is 2.73. The molecular formula is C16H12O4S. The molecule has 3 aromatic rings. The molecule has 3 rings (SSSR count). The van der Waals surface area contributed by atoms with Crippen LogP contribution in [0.15, 0.2) is 45.6 Å². The number of carbonyl (C=O) groups excluding carboxylic acids is 1. The summed E-state index contributed by atoms with van der Waals surface area (Å²) in [6.07, 6.45) is 0. The zero-order valence-corrected chi connectivity index (χ0v) is 12.3. The molecule has 0 bridgehead atoms. The van der Waals surface area contributed by atoms with Gasteiger partial charge in [-0.1, -0.05) is 29.0 Å². The number of hydrogen-bond acceptors (Lipinski definition) is 5. The summed E-state index contributed by atoms with van der Waals surface area (Å²) in [5.74, 6) is -0.0168. The number of fused-ring (bicyclic) bond motifs is 1. The summed E-state index contributed by atoms with van der Waals surface area (Å²) in [6.45, 7) is 3.72. The van der Waals surface area contributed by atoms with E-state index in [2.05, 4.69) is 0 Å². The summed E-state index contributed by atoms with van der Waals surface area (Å²) in [6, 6.07) is 10.5. The number of rotatable bonds is 2. The lowest BCUT2D eigenvalue weighted by Crippen LogP contribution is -2.08. The highest BCUT2D eigenvalue weighted by Gasteiger charge is 2.12. The van der Waals surface area contributed by atoms with E-state index in [1.54, 1.807) is 24.3 Å². The van der Waals surface area contributed by atoms with Gasteiger partial charge in [-0.15, -0.1) is 0 Å². The van der Waals surface area contributed by atoms with Crippen LogP contribution < -0.4 is 9.68 Å². The summed E-state index contributed by atoms with van der Waals surface area (Å²) < 4.78 is 11.1. The van der Waals surface area contributed by atoms with Crippen molar-refractivity contribution >= 4 is 27.6 Å². The molecule has 0 radical (unpaired) electrons. The molecule has 0 saturated heterocycles. The Balaban J connectivity index is 1.94. The number of ether oxygens (including phenoxy) is 1. The average Bonchev–Trinajstić information content (AvgIpc) is 2.80. The molecule has 4 nitrogen and oxygen atoms in total. The zero-order valence-electron chi connectivity index (χ0n) is 11.5.